The largest absolute Gasteiger partial charge is 0.497 e. The fourth-order valence-corrected chi connectivity index (χ4v) is 3.38. The fraction of sp³-hybridized carbons (Fsp3) is 0.368. The number of methoxy groups -OCH3 is 1. The topological polar surface area (TPSA) is 56.3 Å². The minimum Gasteiger partial charge on any atom is -0.497 e. The van der Waals surface area contributed by atoms with Crippen LogP contribution in [0.15, 0.2) is 53.3 Å². The van der Waals surface area contributed by atoms with E-state index in [1.54, 1.807) is 13.3 Å². The molecule has 6 heteroatoms. The predicted molar refractivity (Wildman–Crippen MR) is 94.2 cm³/mol. The summed E-state index contributed by atoms with van der Waals surface area (Å²) in [5, 5.41) is 4.32. The van der Waals surface area contributed by atoms with Crippen molar-refractivity contribution in [1.29, 1.82) is 0 Å². The summed E-state index contributed by atoms with van der Waals surface area (Å²) >= 11 is 0. The molecular formula is C19H22N4O2. The second-order valence-corrected chi connectivity index (χ2v) is 6.34. The molecule has 6 nitrogen and oxygen atoms in total. The molecule has 0 aliphatic carbocycles. The van der Waals surface area contributed by atoms with Crippen molar-refractivity contribution in [1.82, 2.24) is 19.7 Å². The van der Waals surface area contributed by atoms with Crippen LogP contribution in [-0.2, 0) is 13.1 Å². The molecule has 1 atom stereocenters. The van der Waals surface area contributed by atoms with Gasteiger partial charge in [0.15, 0.2) is 5.76 Å². The van der Waals surface area contributed by atoms with E-state index in [1.165, 1.54) is 12.8 Å². The van der Waals surface area contributed by atoms with Crippen LogP contribution in [0.25, 0.3) is 11.3 Å². The highest BCUT2D eigenvalue weighted by molar-refractivity contribution is 5.57. The van der Waals surface area contributed by atoms with Crippen LogP contribution in [0, 0.1) is 0 Å². The molecule has 3 heterocycles. The van der Waals surface area contributed by atoms with E-state index in [9.17, 15) is 0 Å². The molecule has 1 saturated heterocycles. The first-order valence-corrected chi connectivity index (χ1v) is 8.62. The summed E-state index contributed by atoms with van der Waals surface area (Å²) in [6, 6.07) is 10.3. The highest BCUT2D eigenvalue weighted by atomic mass is 16.5. The van der Waals surface area contributed by atoms with Crippen LogP contribution in [0.3, 0.4) is 0 Å². The second-order valence-electron chi connectivity index (χ2n) is 6.34. The van der Waals surface area contributed by atoms with Gasteiger partial charge in [0, 0.05) is 24.0 Å². The maximum atomic E-state index is 5.97. The van der Waals surface area contributed by atoms with Gasteiger partial charge in [-0.25, -0.2) is 4.98 Å². The molecule has 1 aliphatic rings. The first kappa shape index (κ1) is 15.9. The summed E-state index contributed by atoms with van der Waals surface area (Å²) in [5.41, 5.74) is 1.01. The Bertz CT molecular complexity index is 795. The third-order valence-corrected chi connectivity index (χ3v) is 4.72. The van der Waals surface area contributed by atoms with Crippen LogP contribution >= 0.6 is 0 Å². The fourth-order valence-electron chi connectivity index (χ4n) is 3.38. The maximum Gasteiger partial charge on any atom is 0.209 e. The standard InChI is InChI=1S/C19H22N4O2/c1-24-17-7-5-15(6-8-17)18-12-20-19(25-18)14-22-10-2-4-16(22)13-23-11-3-9-21-23/h3,5-9,11-12,16H,2,4,10,13-14H2,1H3/t16-/m1/s1. The van der Waals surface area contributed by atoms with Gasteiger partial charge in [0.05, 0.1) is 26.4 Å². The van der Waals surface area contributed by atoms with Gasteiger partial charge < -0.3 is 9.15 Å². The van der Waals surface area contributed by atoms with E-state index in [-0.39, 0.29) is 0 Å². The first-order chi connectivity index (χ1) is 12.3. The van der Waals surface area contributed by atoms with E-state index in [0.717, 1.165) is 42.6 Å². The second kappa shape index (κ2) is 7.11. The summed E-state index contributed by atoms with van der Waals surface area (Å²) in [4.78, 5) is 6.90. The number of benzene rings is 1. The number of rotatable bonds is 6. The van der Waals surface area contributed by atoms with Crippen molar-refractivity contribution in [2.75, 3.05) is 13.7 Å². The molecule has 0 amide bonds. The van der Waals surface area contributed by atoms with E-state index in [4.69, 9.17) is 9.15 Å². The van der Waals surface area contributed by atoms with Gasteiger partial charge in [-0.05, 0) is 49.7 Å². The minimum absolute atomic E-state index is 0.483. The van der Waals surface area contributed by atoms with Gasteiger partial charge in [-0.15, -0.1) is 0 Å². The maximum absolute atomic E-state index is 5.97. The minimum atomic E-state index is 0.483. The number of likely N-dealkylation sites (tertiary alicyclic amines) is 1. The van der Waals surface area contributed by atoms with Crippen LogP contribution < -0.4 is 4.74 Å². The van der Waals surface area contributed by atoms with E-state index < -0.39 is 0 Å². The quantitative estimate of drug-likeness (QED) is 0.691. The van der Waals surface area contributed by atoms with Crippen molar-refractivity contribution in [2.24, 2.45) is 0 Å². The SMILES string of the molecule is COc1ccc(-c2cnc(CN3CCC[C@@H]3Cn3cccn3)o2)cc1. The number of oxazole rings is 1. The van der Waals surface area contributed by atoms with Crippen LogP contribution in [0.1, 0.15) is 18.7 Å². The highest BCUT2D eigenvalue weighted by Crippen LogP contribution is 2.25. The van der Waals surface area contributed by atoms with E-state index in [2.05, 4.69) is 15.0 Å². The molecule has 4 rings (SSSR count). The van der Waals surface area contributed by atoms with Crippen molar-refractivity contribution in [3.8, 4) is 17.1 Å². The number of aromatic nitrogens is 3. The molecule has 1 fully saturated rings. The number of nitrogens with zero attached hydrogens (tertiary/aromatic N) is 4. The third kappa shape index (κ3) is 3.58. The van der Waals surface area contributed by atoms with Crippen molar-refractivity contribution in [2.45, 2.75) is 32.0 Å². The zero-order chi connectivity index (χ0) is 17.1. The Kier molecular flexibility index (Phi) is 4.52. The van der Waals surface area contributed by atoms with Crippen molar-refractivity contribution >= 4 is 0 Å². The Hall–Kier alpha value is -2.60. The van der Waals surface area contributed by atoms with Crippen molar-refractivity contribution in [3.63, 3.8) is 0 Å². The highest BCUT2D eigenvalue weighted by Gasteiger charge is 2.26. The average Bonchev–Trinajstić information content (AvgIpc) is 3.39. The molecule has 0 spiro atoms. The zero-order valence-corrected chi connectivity index (χ0v) is 14.3. The molecule has 0 N–H and O–H groups in total. The first-order valence-electron chi connectivity index (χ1n) is 8.62. The van der Waals surface area contributed by atoms with Gasteiger partial charge in [-0.2, -0.15) is 5.10 Å². The third-order valence-electron chi connectivity index (χ3n) is 4.72. The molecule has 1 aliphatic heterocycles. The Balaban J connectivity index is 1.43. The average molecular weight is 338 g/mol. The molecule has 3 aromatic rings. The van der Waals surface area contributed by atoms with Gasteiger partial charge >= 0.3 is 0 Å². The Morgan fingerprint density at radius 2 is 2.16 bits per heavy atom. The number of ether oxygens (including phenoxy) is 1. The Morgan fingerprint density at radius 3 is 2.92 bits per heavy atom. The van der Waals surface area contributed by atoms with Crippen LogP contribution in [0.4, 0.5) is 0 Å². The lowest BCUT2D eigenvalue weighted by Gasteiger charge is -2.22. The van der Waals surface area contributed by atoms with Gasteiger partial charge in [0.2, 0.25) is 5.89 Å². The summed E-state index contributed by atoms with van der Waals surface area (Å²) in [6.45, 7) is 2.73. The molecule has 0 bridgehead atoms. The summed E-state index contributed by atoms with van der Waals surface area (Å²) < 4.78 is 13.2. The van der Waals surface area contributed by atoms with Gasteiger partial charge in [0.1, 0.15) is 5.75 Å². The smallest absolute Gasteiger partial charge is 0.209 e. The summed E-state index contributed by atoms with van der Waals surface area (Å²) in [6.07, 6.45) is 8.04. The lowest BCUT2D eigenvalue weighted by molar-refractivity contribution is 0.200. The predicted octanol–water partition coefficient (Wildman–Crippen LogP) is 3.21. The summed E-state index contributed by atoms with van der Waals surface area (Å²) in [7, 11) is 1.66. The lowest BCUT2D eigenvalue weighted by Crippen LogP contribution is -2.32. The number of hydrogen-bond donors (Lipinski definition) is 0. The molecular weight excluding hydrogens is 316 g/mol. The van der Waals surface area contributed by atoms with Gasteiger partial charge in [-0.1, -0.05) is 0 Å². The van der Waals surface area contributed by atoms with E-state index in [1.807, 2.05) is 47.4 Å². The van der Waals surface area contributed by atoms with Crippen LogP contribution in [0.2, 0.25) is 0 Å². The van der Waals surface area contributed by atoms with Crippen molar-refractivity contribution in [3.05, 3.63) is 54.8 Å². The van der Waals surface area contributed by atoms with Crippen LogP contribution in [-0.4, -0.2) is 39.4 Å². The lowest BCUT2D eigenvalue weighted by atomic mass is 10.2. The van der Waals surface area contributed by atoms with Crippen molar-refractivity contribution < 1.29 is 9.15 Å². The summed E-state index contributed by atoms with van der Waals surface area (Å²) in [5.74, 6) is 2.39. The normalized spacial score (nSPS) is 17.9. The molecule has 2 aromatic heterocycles. The van der Waals surface area contributed by atoms with E-state index >= 15 is 0 Å². The van der Waals surface area contributed by atoms with Crippen LogP contribution in [0.5, 0.6) is 5.75 Å². The van der Waals surface area contributed by atoms with Gasteiger partial charge in [0.25, 0.3) is 0 Å². The Morgan fingerprint density at radius 1 is 1.28 bits per heavy atom. The monoisotopic (exact) mass is 338 g/mol. The molecule has 25 heavy (non-hydrogen) atoms. The zero-order valence-electron chi connectivity index (χ0n) is 14.3. The molecule has 130 valence electrons. The number of hydrogen-bond acceptors (Lipinski definition) is 5. The molecule has 1 aromatic carbocycles. The van der Waals surface area contributed by atoms with Gasteiger partial charge in [-0.3, -0.25) is 9.58 Å². The molecule has 0 radical (unpaired) electrons. The Labute approximate surface area is 147 Å². The molecule has 0 saturated carbocycles. The van der Waals surface area contributed by atoms with E-state index in [0.29, 0.717) is 6.04 Å². The molecule has 0 unspecified atom stereocenters.